The molecule has 3 N–H and O–H groups in total. The summed E-state index contributed by atoms with van der Waals surface area (Å²) in [6.07, 6.45) is 3.86. The highest BCUT2D eigenvalue weighted by Gasteiger charge is 2.25. The average molecular weight is 235 g/mol. The molecule has 0 amide bonds. The number of nitrogens with zero attached hydrogens (tertiary/aromatic N) is 1. The first-order valence-electron chi connectivity index (χ1n) is 5.56. The molecular formula is C9H21N3O2S. The van der Waals surface area contributed by atoms with Crippen molar-refractivity contribution in [2.24, 2.45) is 5.73 Å². The predicted molar refractivity (Wildman–Crippen MR) is 60.6 cm³/mol. The number of sulfonamides is 1. The second-order valence-electron chi connectivity index (χ2n) is 3.95. The highest BCUT2D eigenvalue weighted by atomic mass is 32.2. The Morgan fingerprint density at radius 1 is 1.33 bits per heavy atom. The molecule has 6 heteroatoms. The van der Waals surface area contributed by atoms with Gasteiger partial charge in [0.2, 0.25) is 10.0 Å². The van der Waals surface area contributed by atoms with Gasteiger partial charge in [0.15, 0.2) is 0 Å². The second-order valence-corrected chi connectivity index (χ2v) is 5.89. The largest absolute Gasteiger partial charge is 0.329 e. The summed E-state index contributed by atoms with van der Waals surface area (Å²) in [5, 5.41) is 1.32. The third kappa shape index (κ3) is 3.71. The molecule has 1 fully saturated rings. The number of nitrogens with one attached hydrogen (secondary N) is 1. The molecule has 1 rings (SSSR count). The number of nitrogens with two attached hydrogens (primary N) is 1. The van der Waals surface area contributed by atoms with Crippen LogP contribution in [-0.2, 0) is 10.0 Å². The van der Waals surface area contributed by atoms with Crippen molar-refractivity contribution < 1.29 is 8.42 Å². The molecular weight excluding hydrogens is 214 g/mol. The zero-order chi connectivity index (χ0) is 11.3. The lowest BCUT2D eigenvalue weighted by molar-refractivity contribution is 0.199. The molecule has 1 aliphatic heterocycles. The molecule has 0 radical (unpaired) electrons. The topological polar surface area (TPSA) is 75.4 Å². The lowest BCUT2D eigenvalue weighted by Gasteiger charge is -2.28. The fourth-order valence-electron chi connectivity index (χ4n) is 1.75. The minimum atomic E-state index is -3.27. The van der Waals surface area contributed by atoms with Crippen molar-refractivity contribution in [3.05, 3.63) is 0 Å². The first kappa shape index (κ1) is 12.9. The third-order valence-electron chi connectivity index (χ3n) is 2.77. The van der Waals surface area contributed by atoms with E-state index in [-0.39, 0.29) is 6.54 Å². The third-order valence-corrected chi connectivity index (χ3v) is 4.69. The summed E-state index contributed by atoms with van der Waals surface area (Å²) < 4.78 is 23.7. The van der Waals surface area contributed by atoms with E-state index in [0.717, 1.165) is 25.9 Å². The van der Waals surface area contributed by atoms with E-state index >= 15 is 0 Å². The molecule has 0 aromatic heterocycles. The van der Waals surface area contributed by atoms with E-state index in [9.17, 15) is 8.42 Å². The molecule has 0 aliphatic carbocycles. The Morgan fingerprint density at radius 2 is 1.93 bits per heavy atom. The van der Waals surface area contributed by atoms with E-state index in [4.69, 9.17) is 5.73 Å². The molecule has 0 aromatic rings. The van der Waals surface area contributed by atoms with Crippen molar-refractivity contribution in [1.82, 2.24) is 9.84 Å². The summed E-state index contributed by atoms with van der Waals surface area (Å²) in [6, 6.07) is 0. The molecule has 5 nitrogen and oxygen atoms in total. The summed E-state index contributed by atoms with van der Waals surface area (Å²) in [6.45, 7) is 3.63. The van der Waals surface area contributed by atoms with E-state index in [2.05, 4.69) is 4.83 Å². The van der Waals surface area contributed by atoms with Gasteiger partial charge in [-0.05, 0) is 19.3 Å². The van der Waals surface area contributed by atoms with E-state index in [1.54, 1.807) is 5.01 Å². The molecule has 0 spiro atoms. The van der Waals surface area contributed by atoms with Crippen LogP contribution in [0.3, 0.4) is 0 Å². The van der Waals surface area contributed by atoms with Gasteiger partial charge in [0, 0.05) is 19.6 Å². The quantitative estimate of drug-likeness (QED) is 0.706. The van der Waals surface area contributed by atoms with Crippen LogP contribution in [0.15, 0.2) is 0 Å². The van der Waals surface area contributed by atoms with Gasteiger partial charge < -0.3 is 5.73 Å². The smallest absolute Gasteiger partial charge is 0.228 e. The summed E-state index contributed by atoms with van der Waals surface area (Å²) >= 11 is 0. The Kier molecular flexibility index (Phi) is 4.98. The summed E-state index contributed by atoms with van der Waals surface area (Å²) in [4.78, 5) is 2.62. The van der Waals surface area contributed by atoms with E-state index in [0.29, 0.717) is 6.42 Å². The average Bonchev–Trinajstić information content (AvgIpc) is 2.19. The number of hydrogen-bond acceptors (Lipinski definition) is 4. The van der Waals surface area contributed by atoms with E-state index in [1.165, 1.54) is 6.42 Å². The number of piperidine rings is 1. The summed E-state index contributed by atoms with van der Waals surface area (Å²) in [5.74, 6) is 0. The van der Waals surface area contributed by atoms with Gasteiger partial charge in [0.05, 0.1) is 5.25 Å². The Morgan fingerprint density at radius 3 is 2.40 bits per heavy atom. The number of hydrazine groups is 1. The molecule has 1 saturated heterocycles. The normalized spacial score (nSPS) is 21.5. The minimum Gasteiger partial charge on any atom is -0.329 e. The van der Waals surface area contributed by atoms with Crippen molar-refractivity contribution in [1.29, 1.82) is 0 Å². The lowest BCUT2D eigenvalue weighted by atomic mass is 10.2. The number of rotatable bonds is 5. The standard InChI is InChI=1S/C9H21N3O2S/c1-2-9(8-10)15(13,14)11-12-6-4-3-5-7-12/h9,11H,2-8,10H2,1H3. The fraction of sp³-hybridized carbons (Fsp3) is 1.00. The Bertz CT molecular complexity index is 269. The molecule has 0 bridgehead atoms. The lowest BCUT2D eigenvalue weighted by Crippen LogP contribution is -2.49. The molecule has 1 heterocycles. The minimum absolute atomic E-state index is 0.180. The molecule has 0 saturated carbocycles. The van der Waals surface area contributed by atoms with Gasteiger partial charge in [0.25, 0.3) is 0 Å². The molecule has 1 aliphatic rings. The van der Waals surface area contributed by atoms with Gasteiger partial charge in [-0.1, -0.05) is 13.3 Å². The van der Waals surface area contributed by atoms with Crippen LogP contribution in [0.1, 0.15) is 32.6 Å². The Hall–Kier alpha value is -0.170. The number of hydrogen-bond donors (Lipinski definition) is 2. The van der Waals surface area contributed by atoms with Crippen LogP contribution in [0, 0.1) is 0 Å². The van der Waals surface area contributed by atoms with Crippen LogP contribution in [-0.4, -0.2) is 38.3 Å². The zero-order valence-corrected chi connectivity index (χ0v) is 10.1. The Labute approximate surface area is 92.0 Å². The van der Waals surface area contributed by atoms with Crippen molar-refractivity contribution in [3.63, 3.8) is 0 Å². The highest BCUT2D eigenvalue weighted by Crippen LogP contribution is 2.09. The SMILES string of the molecule is CCC(CN)S(=O)(=O)NN1CCCCC1. The van der Waals surface area contributed by atoms with Crippen LogP contribution in [0.25, 0.3) is 0 Å². The first-order chi connectivity index (χ1) is 7.10. The zero-order valence-electron chi connectivity index (χ0n) is 9.28. The second kappa shape index (κ2) is 5.79. The first-order valence-corrected chi connectivity index (χ1v) is 7.11. The van der Waals surface area contributed by atoms with Gasteiger partial charge >= 0.3 is 0 Å². The molecule has 90 valence electrons. The van der Waals surface area contributed by atoms with Crippen LogP contribution >= 0.6 is 0 Å². The van der Waals surface area contributed by atoms with Crippen LogP contribution in [0.5, 0.6) is 0 Å². The fourth-order valence-corrected chi connectivity index (χ4v) is 3.14. The van der Waals surface area contributed by atoms with Crippen molar-refractivity contribution >= 4 is 10.0 Å². The summed E-state index contributed by atoms with van der Waals surface area (Å²) in [5.41, 5.74) is 5.44. The van der Waals surface area contributed by atoms with Gasteiger partial charge in [-0.3, -0.25) is 0 Å². The predicted octanol–water partition coefficient (Wildman–Crippen LogP) is 0.0440. The summed E-state index contributed by atoms with van der Waals surface area (Å²) in [7, 11) is -3.27. The molecule has 0 aromatic carbocycles. The molecule has 15 heavy (non-hydrogen) atoms. The van der Waals surface area contributed by atoms with Crippen LogP contribution < -0.4 is 10.6 Å². The van der Waals surface area contributed by atoms with Gasteiger partial charge in [0.1, 0.15) is 0 Å². The molecule has 1 atom stereocenters. The van der Waals surface area contributed by atoms with Crippen molar-refractivity contribution in [3.8, 4) is 0 Å². The van der Waals surface area contributed by atoms with Crippen molar-refractivity contribution in [2.75, 3.05) is 19.6 Å². The monoisotopic (exact) mass is 235 g/mol. The van der Waals surface area contributed by atoms with Gasteiger partial charge in [-0.2, -0.15) is 0 Å². The van der Waals surface area contributed by atoms with Gasteiger partial charge in [-0.25, -0.2) is 13.4 Å². The van der Waals surface area contributed by atoms with Crippen LogP contribution in [0.4, 0.5) is 0 Å². The maximum atomic E-state index is 11.8. The van der Waals surface area contributed by atoms with E-state index in [1.807, 2.05) is 6.92 Å². The maximum Gasteiger partial charge on any atom is 0.228 e. The highest BCUT2D eigenvalue weighted by molar-refractivity contribution is 7.90. The van der Waals surface area contributed by atoms with Gasteiger partial charge in [-0.15, -0.1) is 4.83 Å². The van der Waals surface area contributed by atoms with Crippen LogP contribution in [0.2, 0.25) is 0 Å². The molecule has 1 unspecified atom stereocenters. The maximum absolute atomic E-state index is 11.8. The van der Waals surface area contributed by atoms with Crippen molar-refractivity contribution in [2.45, 2.75) is 37.9 Å². The Balaban J connectivity index is 2.54. The van der Waals surface area contributed by atoms with E-state index < -0.39 is 15.3 Å².